The fourth-order valence-corrected chi connectivity index (χ4v) is 0.577. The molecule has 0 aliphatic heterocycles. The fourth-order valence-electron chi connectivity index (χ4n) is 0.417. The summed E-state index contributed by atoms with van der Waals surface area (Å²) in [5.74, 6) is -0.435. The summed E-state index contributed by atoms with van der Waals surface area (Å²) in [5, 5.41) is 13.1. The third kappa shape index (κ3) is 3.66. The summed E-state index contributed by atoms with van der Waals surface area (Å²) in [6.07, 6.45) is 0. The minimum atomic E-state index is -0.776. The average molecular weight is 197 g/mol. The first-order valence-corrected chi connectivity index (χ1v) is 3.32. The van der Waals surface area contributed by atoms with Crippen LogP contribution in [-0.4, -0.2) is 33.6 Å². The van der Waals surface area contributed by atoms with E-state index in [1.54, 1.807) is 0 Å². The molecule has 0 aliphatic rings. The Morgan fingerprint density at radius 1 is 1.75 bits per heavy atom. The predicted molar refractivity (Wildman–Crippen MR) is 40.3 cm³/mol. The fraction of sp³-hybridized carbons (Fsp3) is 0.667. The summed E-state index contributed by atoms with van der Waals surface area (Å²) in [5.41, 5.74) is 5.04. The Balaban J connectivity index is 4.29. The Morgan fingerprint density at radius 3 is 2.67 bits per heavy atom. The van der Waals surface area contributed by atoms with Crippen LogP contribution in [0.4, 0.5) is 0 Å². The van der Waals surface area contributed by atoms with Gasteiger partial charge in [0, 0.05) is 5.88 Å². The molecule has 0 aromatic heterocycles. The maximum atomic E-state index is 9.97. The zero-order valence-electron chi connectivity index (χ0n) is 5.92. The van der Waals surface area contributed by atoms with Crippen molar-refractivity contribution >= 4 is 17.6 Å². The van der Waals surface area contributed by atoms with Gasteiger partial charge >= 0.3 is 5.03 Å². The van der Waals surface area contributed by atoms with E-state index < -0.39 is 11.0 Å². The number of hydrazone groups is 1. The van der Waals surface area contributed by atoms with Gasteiger partial charge in [-0.2, -0.15) is 5.01 Å². The number of alkyl halides is 1. The topological polar surface area (TPSA) is 111 Å². The molecule has 0 heterocycles. The van der Waals surface area contributed by atoms with Crippen LogP contribution < -0.4 is 5.73 Å². The van der Waals surface area contributed by atoms with E-state index in [0.717, 1.165) is 0 Å². The lowest BCUT2D eigenvalue weighted by molar-refractivity contribution is -0.796. The Labute approximate surface area is 72.1 Å². The molecule has 0 spiro atoms. The lowest BCUT2D eigenvalue weighted by Gasteiger charge is -2.07. The first kappa shape index (κ1) is 10.6. The highest BCUT2D eigenvalue weighted by atomic mass is 35.5. The summed E-state index contributed by atoms with van der Waals surface area (Å²) in [4.78, 5) is 19.9. The van der Waals surface area contributed by atoms with Crippen molar-refractivity contribution in [3.8, 4) is 0 Å². The molecular weight excluding hydrogens is 190 g/mol. The van der Waals surface area contributed by atoms with Crippen LogP contribution in [-0.2, 0) is 0 Å². The monoisotopic (exact) mass is 196 g/mol. The van der Waals surface area contributed by atoms with Crippen LogP contribution >= 0.6 is 11.6 Å². The molecular formula is C3H7ClN5O3+. The lowest BCUT2D eigenvalue weighted by Crippen LogP contribution is -2.35. The van der Waals surface area contributed by atoms with Crippen LogP contribution in [0.1, 0.15) is 0 Å². The molecule has 0 fully saturated rings. The lowest BCUT2D eigenvalue weighted by atomic mass is 10.7. The summed E-state index contributed by atoms with van der Waals surface area (Å²) in [7, 11) is 0. The summed E-state index contributed by atoms with van der Waals surface area (Å²) in [6, 6.07) is 0. The number of nitrogens with two attached hydrogens (primary N) is 1. The third-order valence-corrected chi connectivity index (χ3v) is 1.02. The van der Waals surface area contributed by atoms with Crippen LogP contribution in [0, 0.1) is 9.81 Å². The molecule has 12 heavy (non-hydrogen) atoms. The van der Waals surface area contributed by atoms with Crippen LogP contribution in [0.5, 0.6) is 0 Å². The molecule has 0 saturated heterocycles. The van der Waals surface area contributed by atoms with E-state index in [2.05, 4.69) is 10.4 Å². The van der Waals surface area contributed by atoms with E-state index in [1.807, 2.05) is 0 Å². The first-order valence-electron chi connectivity index (χ1n) is 2.78. The Bertz CT molecular complexity index is 206. The Kier molecular flexibility index (Phi) is 4.61. The number of rotatable bonds is 4. The molecule has 8 nitrogen and oxygen atoms in total. The van der Waals surface area contributed by atoms with Gasteiger partial charge < -0.3 is 5.73 Å². The quantitative estimate of drug-likeness (QED) is 0.209. The van der Waals surface area contributed by atoms with Gasteiger partial charge in [-0.15, -0.1) is 16.5 Å². The molecule has 0 bridgehead atoms. The SMILES string of the molecule is N/C(=N\[N+](=O)O)N(CCCl)N=O. The maximum Gasteiger partial charge on any atom is 0.391 e. The molecule has 68 valence electrons. The molecule has 0 amide bonds. The number of halogens is 1. The van der Waals surface area contributed by atoms with Crippen molar-refractivity contribution in [1.82, 2.24) is 5.01 Å². The molecule has 0 aliphatic carbocycles. The van der Waals surface area contributed by atoms with Crippen LogP contribution in [0.15, 0.2) is 10.4 Å². The normalized spacial score (nSPS) is 10.9. The molecule has 0 aromatic rings. The van der Waals surface area contributed by atoms with E-state index in [9.17, 15) is 9.81 Å². The first-order chi connectivity index (χ1) is 5.61. The van der Waals surface area contributed by atoms with E-state index in [0.29, 0.717) is 5.01 Å². The highest BCUT2D eigenvalue weighted by Crippen LogP contribution is 1.90. The van der Waals surface area contributed by atoms with Gasteiger partial charge in [0.05, 0.1) is 11.8 Å². The van der Waals surface area contributed by atoms with Gasteiger partial charge in [-0.3, -0.25) is 0 Å². The number of nitrogens with zero attached hydrogens (tertiary/aromatic N) is 4. The molecule has 9 heteroatoms. The van der Waals surface area contributed by atoms with E-state index in [1.165, 1.54) is 0 Å². The smallest absolute Gasteiger partial charge is 0.363 e. The van der Waals surface area contributed by atoms with Gasteiger partial charge in [-0.05, 0) is 0 Å². The second-order valence-electron chi connectivity index (χ2n) is 1.60. The zero-order chi connectivity index (χ0) is 9.56. The van der Waals surface area contributed by atoms with Gasteiger partial charge in [0.1, 0.15) is 10.0 Å². The molecule has 0 atom stereocenters. The van der Waals surface area contributed by atoms with Crippen LogP contribution in [0.3, 0.4) is 0 Å². The van der Waals surface area contributed by atoms with Gasteiger partial charge in [0.15, 0.2) is 0 Å². The second kappa shape index (κ2) is 5.24. The minimum Gasteiger partial charge on any atom is -0.363 e. The van der Waals surface area contributed by atoms with Crippen molar-refractivity contribution in [2.24, 2.45) is 16.1 Å². The summed E-state index contributed by atoms with van der Waals surface area (Å²) < 4.78 is 0. The summed E-state index contributed by atoms with van der Waals surface area (Å²) in [6.45, 7) is 0.00816. The molecule has 0 saturated carbocycles. The number of hydrogen-bond acceptors (Lipinski definition) is 3. The van der Waals surface area contributed by atoms with Crippen molar-refractivity contribution in [3.05, 3.63) is 9.81 Å². The highest BCUT2D eigenvalue weighted by Gasteiger charge is 2.13. The van der Waals surface area contributed by atoms with Crippen molar-refractivity contribution in [2.45, 2.75) is 0 Å². The molecule has 0 unspecified atom stereocenters. The number of hydrogen-bond donors (Lipinski definition) is 2. The zero-order valence-corrected chi connectivity index (χ0v) is 6.68. The van der Waals surface area contributed by atoms with Crippen LogP contribution in [0.2, 0.25) is 0 Å². The third-order valence-electron chi connectivity index (χ3n) is 0.847. The highest BCUT2D eigenvalue weighted by molar-refractivity contribution is 6.18. The Morgan fingerprint density at radius 2 is 2.33 bits per heavy atom. The minimum absolute atomic E-state index is 0.00816. The molecule has 0 radical (unpaired) electrons. The summed E-state index contributed by atoms with van der Waals surface area (Å²) >= 11 is 5.25. The van der Waals surface area contributed by atoms with Crippen LogP contribution in [0.25, 0.3) is 0 Å². The van der Waals surface area contributed by atoms with Crippen molar-refractivity contribution in [3.63, 3.8) is 0 Å². The van der Waals surface area contributed by atoms with Crippen molar-refractivity contribution in [1.29, 1.82) is 0 Å². The number of guanidine groups is 1. The average Bonchev–Trinajstić information content (AvgIpc) is 1.98. The maximum absolute atomic E-state index is 9.97. The van der Waals surface area contributed by atoms with Gasteiger partial charge in [-0.1, -0.05) is 0 Å². The van der Waals surface area contributed by atoms with Crippen molar-refractivity contribution < 1.29 is 10.2 Å². The standard InChI is InChI=1S/C3H7ClN5O3/c4-1-2-8(7-10)3(5)6-9(11)12/h1-2H2,(H2,5,6)(H,11,12)/q+1. The number of nitroso groups, excluding NO2 is 1. The largest absolute Gasteiger partial charge is 0.391 e. The van der Waals surface area contributed by atoms with Crippen molar-refractivity contribution in [2.75, 3.05) is 12.4 Å². The van der Waals surface area contributed by atoms with Gasteiger partial charge in [0.25, 0.3) is 5.96 Å². The predicted octanol–water partition coefficient (Wildman–Crippen LogP) is -0.394. The Hall–Kier alpha value is -1.44. The van der Waals surface area contributed by atoms with E-state index in [4.69, 9.17) is 22.5 Å². The molecule has 0 aromatic carbocycles. The second-order valence-corrected chi connectivity index (χ2v) is 1.98. The van der Waals surface area contributed by atoms with E-state index >= 15 is 0 Å². The molecule has 3 N–H and O–H groups in total. The van der Waals surface area contributed by atoms with E-state index in [-0.39, 0.29) is 12.4 Å². The van der Waals surface area contributed by atoms with Gasteiger partial charge in [-0.25, -0.2) is 5.21 Å². The van der Waals surface area contributed by atoms with Gasteiger partial charge in [0.2, 0.25) is 0 Å². The molecule has 0 rings (SSSR count).